The number of aryl methyl sites for hydroxylation is 1. The van der Waals surface area contributed by atoms with E-state index >= 15 is 0 Å². The summed E-state index contributed by atoms with van der Waals surface area (Å²) in [5.41, 5.74) is 2.17. The highest BCUT2D eigenvalue weighted by atomic mass is 35.5. The molecule has 4 rings (SSSR count). The number of piperidine rings is 1. The van der Waals surface area contributed by atoms with Crippen LogP contribution < -0.4 is 9.64 Å². The fourth-order valence-corrected chi connectivity index (χ4v) is 3.31. The molecular formula is C19H20ClN5O. The van der Waals surface area contributed by atoms with Gasteiger partial charge in [0.15, 0.2) is 0 Å². The molecule has 1 fully saturated rings. The van der Waals surface area contributed by atoms with Crippen molar-refractivity contribution in [2.45, 2.75) is 25.9 Å². The molecule has 0 saturated carbocycles. The number of halogens is 1. The summed E-state index contributed by atoms with van der Waals surface area (Å²) in [6, 6.07) is 15.8. The van der Waals surface area contributed by atoms with Gasteiger partial charge in [-0.3, -0.25) is 0 Å². The number of aromatic nitrogens is 4. The Kier molecular flexibility index (Phi) is 4.75. The van der Waals surface area contributed by atoms with Crippen molar-refractivity contribution in [2.24, 2.45) is 0 Å². The van der Waals surface area contributed by atoms with Crippen molar-refractivity contribution in [2.75, 3.05) is 18.0 Å². The van der Waals surface area contributed by atoms with Crippen LogP contribution in [0, 0.1) is 6.92 Å². The lowest BCUT2D eigenvalue weighted by molar-refractivity contribution is 0.170. The smallest absolute Gasteiger partial charge is 0.250 e. The summed E-state index contributed by atoms with van der Waals surface area (Å²) in [5, 5.41) is 12.9. The Bertz CT molecular complexity index is 872. The van der Waals surface area contributed by atoms with E-state index in [1.54, 1.807) is 4.68 Å². The molecule has 0 unspecified atom stereocenters. The second kappa shape index (κ2) is 7.33. The van der Waals surface area contributed by atoms with Crippen molar-refractivity contribution in [1.29, 1.82) is 0 Å². The van der Waals surface area contributed by atoms with Gasteiger partial charge in [0, 0.05) is 25.9 Å². The summed E-state index contributed by atoms with van der Waals surface area (Å²) in [5.74, 6) is 1.52. The van der Waals surface area contributed by atoms with Crippen molar-refractivity contribution >= 4 is 17.5 Å². The number of rotatable bonds is 4. The number of ether oxygens (including phenoxy) is 1. The van der Waals surface area contributed by atoms with E-state index in [9.17, 15) is 0 Å². The van der Waals surface area contributed by atoms with E-state index in [1.165, 1.54) is 5.56 Å². The molecule has 134 valence electrons. The monoisotopic (exact) mass is 369 g/mol. The molecule has 0 bridgehead atoms. The van der Waals surface area contributed by atoms with Gasteiger partial charge in [0.2, 0.25) is 5.95 Å². The second-order valence-corrected chi connectivity index (χ2v) is 6.87. The molecule has 6 nitrogen and oxygen atoms in total. The SMILES string of the molecule is Cc1ccc(-n2nnnc2N2CCC(Oc3ccccc3Cl)CC2)cc1. The minimum Gasteiger partial charge on any atom is -0.489 e. The van der Waals surface area contributed by atoms with Crippen LogP contribution >= 0.6 is 11.6 Å². The topological polar surface area (TPSA) is 56.1 Å². The number of nitrogens with zero attached hydrogens (tertiary/aromatic N) is 5. The van der Waals surface area contributed by atoms with Crippen LogP contribution in [0.3, 0.4) is 0 Å². The molecule has 26 heavy (non-hydrogen) atoms. The number of para-hydroxylation sites is 1. The third-order valence-corrected chi connectivity index (χ3v) is 4.90. The van der Waals surface area contributed by atoms with Crippen molar-refractivity contribution in [3.8, 4) is 11.4 Å². The van der Waals surface area contributed by atoms with Crippen LogP contribution in [-0.4, -0.2) is 39.4 Å². The average Bonchev–Trinajstić information content (AvgIpc) is 3.15. The molecule has 0 radical (unpaired) electrons. The van der Waals surface area contributed by atoms with Crippen LogP contribution in [0.2, 0.25) is 5.02 Å². The van der Waals surface area contributed by atoms with Gasteiger partial charge in [0.1, 0.15) is 11.9 Å². The van der Waals surface area contributed by atoms with Crippen molar-refractivity contribution < 1.29 is 4.74 Å². The first-order valence-corrected chi connectivity index (χ1v) is 9.10. The lowest BCUT2D eigenvalue weighted by atomic mass is 10.1. The molecule has 0 aliphatic carbocycles. The second-order valence-electron chi connectivity index (χ2n) is 6.46. The van der Waals surface area contributed by atoms with E-state index in [-0.39, 0.29) is 6.10 Å². The highest BCUT2D eigenvalue weighted by molar-refractivity contribution is 6.32. The Balaban J connectivity index is 1.43. The van der Waals surface area contributed by atoms with E-state index in [1.807, 2.05) is 36.4 Å². The normalized spacial score (nSPS) is 15.2. The first-order valence-electron chi connectivity index (χ1n) is 8.72. The zero-order valence-electron chi connectivity index (χ0n) is 14.5. The van der Waals surface area contributed by atoms with Crippen LogP contribution in [0.1, 0.15) is 18.4 Å². The van der Waals surface area contributed by atoms with Gasteiger partial charge in [-0.2, -0.15) is 4.68 Å². The van der Waals surface area contributed by atoms with Gasteiger partial charge in [-0.05, 0) is 41.6 Å². The van der Waals surface area contributed by atoms with Crippen LogP contribution in [0.15, 0.2) is 48.5 Å². The fourth-order valence-electron chi connectivity index (χ4n) is 3.13. The zero-order valence-corrected chi connectivity index (χ0v) is 15.3. The first-order chi connectivity index (χ1) is 12.7. The maximum absolute atomic E-state index is 6.19. The Morgan fingerprint density at radius 3 is 2.50 bits per heavy atom. The molecule has 0 N–H and O–H groups in total. The lowest BCUT2D eigenvalue weighted by Gasteiger charge is -2.32. The van der Waals surface area contributed by atoms with Gasteiger partial charge in [0.05, 0.1) is 10.7 Å². The summed E-state index contributed by atoms with van der Waals surface area (Å²) < 4.78 is 7.85. The number of hydrogen-bond donors (Lipinski definition) is 0. The quantitative estimate of drug-likeness (QED) is 0.702. The number of anilines is 1. The van der Waals surface area contributed by atoms with Crippen LogP contribution in [-0.2, 0) is 0 Å². The van der Waals surface area contributed by atoms with Crippen molar-refractivity contribution in [1.82, 2.24) is 20.2 Å². The minimum absolute atomic E-state index is 0.148. The van der Waals surface area contributed by atoms with Crippen LogP contribution in [0.5, 0.6) is 5.75 Å². The first kappa shape index (κ1) is 16.8. The number of tetrazole rings is 1. The van der Waals surface area contributed by atoms with E-state index in [0.717, 1.165) is 43.3 Å². The van der Waals surface area contributed by atoms with Crippen molar-refractivity contribution in [3.05, 3.63) is 59.1 Å². The summed E-state index contributed by atoms with van der Waals surface area (Å²) in [4.78, 5) is 2.20. The van der Waals surface area contributed by atoms with Gasteiger partial charge in [0.25, 0.3) is 0 Å². The highest BCUT2D eigenvalue weighted by Crippen LogP contribution is 2.28. The molecule has 1 saturated heterocycles. The molecule has 0 atom stereocenters. The maximum atomic E-state index is 6.19. The molecule has 1 aromatic heterocycles. The summed E-state index contributed by atoms with van der Waals surface area (Å²) >= 11 is 6.19. The largest absolute Gasteiger partial charge is 0.489 e. The summed E-state index contributed by atoms with van der Waals surface area (Å²) in [7, 11) is 0. The molecule has 2 heterocycles. The van der Waals surface area contributed by atoms with E-state index in [2.05, 4.69) is 39.5 Å². The maximum Gasteiger partial charge on any atom is 0.250 e. The molecule has 1 aliphatic rings. The predicted molar refractivity (Wildman–Crippen MR) is 101 cm³/mol. The zero-order chi connectivity index (χ0) is 17.9. The minimum atomic E-state index is 0.148. The van der Waals surface area contributed by atoms with Gasteiger partial charge in [-0.1, -0.05) is 46.5 Å². The van der Waals surface area contributed by atoms with E-state index in [0.29, 0.717) is 5.02 Å². The van der Waals surface area contributed by atoms with E-state index < -0.39 is 0 Å². The Morgan fingerprint density at radius 1 is 1.04 bits per heavy atom. The number of benzene rings is 2. The Hall–Kier alpha value is -2.60. The third-order valence-electron chi connectivity index (χ3n) is 4.59. The Labute approximate surface area is 157 Å². The number of hydrogen-bond acceptors (Lipinski definition) is 5. The van der Waals surface area contributed by atoms with Gasteiger partial charge < -0.3 is 9.64 Å². The molecule has 3 aromatic rings. The lowest BCUT2D eigenvalue weighted by Crippen LogP contribution is -2.39. The summed E-state index contributed by atoms with van der Waals surface area (Å²) in [6.07, 6.45) is 1.94. The molecule has 2 aromatic carbocycles. The molecule has 1 aliphatic heterocycles. The van der Waals surface area contributed by atoms with Crippen LogP contribution in [0.25, 0.3) is 5.69 Å². The van der Waals surface area contributed by atoms with Gasteiger partial charge in [-0.25, -0.2) is 0 Å². The van der Waals surface area contributed by atoms with Gasteiger partial charge in [-0.15, -0.1) is 0 Å². The molecular weight excluding hydrogens is 350 g/mol. The van der Waals surface area contributed by atoms with Gasteiger partial charge >= 0.3 is 0 Å². The molecule has 0 spiro atoms. The third kappa shape index (κ3) is 3.51. The van der Waals surface area contributed by atoms with E-state index in [4.69, 9.17) is 16.3 Å². The average molecular weight is 370 g/mol. The Morgan fingerprint density at radius 2 is 1.77 bits per heavy atom. The highest BCUT2D eigenvalue weighted by Gasteiger charge is 2.25. The standard InChI is InChI=1S/C19H20ClN5O/c1-14-6-8-15(9-7-14)25-19(21-22-23-25)24-12-10-16(11-13-24)26-18-5-3-2-4-17(18)20/h2-9,16H,10-13H2,1H3. The van der Waals surface area contributed by atoms with Crippen LogP contribution in [0.4, 0.5) is 5.95 Å². The molecule has 7 heteroatoms. The van der Waals surface area contributed by atoms with Crippen molar-refractivity contribution in [3.63, 3.8) is 0 Å². The molecule has 0 amide bonds. The predicted octanol–water partition coefficient (Wildman–Crippen LogP) is 3.67. The fraction of sp³-hybridized carbons (Fsp3) is 0.316. The summed E-state index contributed by atoms with van der Waals surface area (Å²) in [6.45, 7) is 3.73.